The predicted molar refractivity (Wildman–Crippen MR) is 119 cm³/mol. The van der Waals surface area contributed by atoms with Gasteiger partial charge < -0.3 is 19.3 Å². The second-order valence-corrected chi connectivity index (χ2v) is 7.61. The number of carboxylic acid groups (broad SMARTS) is 1. The van der Waals surface area contributed by atoms with Crippen molar-refractivity contribution in [2.45, 2.75) is 25.4 Å². The lowest BCUT2D eigenvalue weighted by atomic mass is 10.1. The van der Waals surface area contributed by atoms with Crippen LogP contribution < -0.4 is 9.47 Å². The Balaban J connectivity index is 1.21. The lowest BCUT2D eigenvalue weighted by molar-refractivity contribution is -0.148. The van der Waals surface area contributed by atoms with Gasteiger partial charge in [-0.1, -0.05) is 42.5 Å². The minimum atomic E-state index is -0.962. The van der Waals surface area contributed by atoms with Crippen molar-refractivity contribution in [2.75, 3.05) is 20.3 Å². The third kappa shape index (κ3) is 5.06. The van der Waals surface area contributed by atoms with Gasteiger partial charge in [0.15, 0.2) is 6.10 Å². The second-order valence-electron chi connectivity index (χ2n) is 7.61. The first-order valence-corrected chi connectivity index (χ1v) is 10.5. The monoisotopic (exact) mass is 418 g/mol. The standard InChI is InChI=1S/C26H26O5/c1-29-25(26(27)28)15-18-7-9-21(10-8-18)30-13-4-14-31-22-11-12-24-20(17-22)16-19-5-2-3-6-23(19)24/h2-3,5-12,17,25H,4,13-16H2,1H3,(H,27,28)/t25-/m0/s1. The number of ether oxygens (including phenoxy) is 3. The van der Waals surface area contributed by atoms with Crippen molar-refractivity contribution >= 4 is 5.97 Å². The average molecular weight is 418 g/mol. The first kappa shape index (κ1) is 20.9. The number of hydrogen-bond acceptors (Lipinski definition) is 4. The highest BCUT2D eigenvalue weighted by atomic mass is 16.5. The highest BCUT2D eigenvalue weighted by Crippen LogP contribution is 2.38. The smallest absolute Gasteiger partial charge is 0.333 e. The van der Waals surface area contributed by atoms with E-state index in [4.69, 9.17) is 19.3 Å². The quantitative estimate of drug-likeness (QED) is 0.377. The molecule has 0 spiro atoms. The van der Waals surface area contributed by atoms with E-state index in [0.717, 1.165) is 29.9 Å². The van der Waals surface area contributed by atoms with Crippen LogP contribution in [0.1, 0.15) is 23.1 Å². The Labute approximate surface area is 182 Å². The number of fused-ring (bicyclic) bond motifs is 3. The Kier molecular flexibility index (Phi) is 6.53. The highest BCUT2D eigenvalue weighted by Gasteiger charge is 2.18. The van der Waals surface area contributed by atoms with Crippen molar-refractivity contribution in [2.24, 2.45) is 0 Å². The van der Waals surface area contributed by atoms with Gasteiger partial charge in [-0.05, 0) is 58.5 Å². The van der Waals surface area contributed by atoms with Crippen molar-refractivity contribution in [1.82, 2.24) is 0 Å². The fourth-order valence-corrected chi connectivity index (χ4v) is 3.86. The van der Waals surface area contributed by atoms with E-state index in [-0.39, 0.29) is 0 Å². The molecule has 160 valence electrons. The molecule has 1 atom stereocenters. The number of carbonyl (C=O) groups is 1. The number of hydrogen-bond donors (Lipinski definition) is 1. The molecule has 1 aliphatic carbocycles. The fourth-order valence-electron chi connectivity index (χ4n) is 3.86. The van der Waals surface area contributed by atoms with Crippen LogP contribution in [0.4, 0.5) is 0 Å². The average Bonchev–Trinajstić information content (AvgIpc) is 3.15. The van der Waals surface area contributed by atoms with Gasteiger partial charge in [0.1, 0.15) is 11.5 Å². The van der Waals surface area contributed by atoms with E-state index in [1.807, 2.05) is 30.3 Å². The van der Waals surface area contributed by atoms with Gasteiger partial charge in [-0.3, -0.25) is 0 Å². The van der Waals surface area contributed by atoms with Crippen LogP contribution in [0.15, 0.2) is 66.7 Å². The van der Waals surface area contributed by atoms with Gasteiger partial charge in [0.05, 0.1) is 13.2 Å². The Hall–Kier alpha value is -3.31. The first-order chi connectivity index (χ1) is 15.1. The molecule has 0 saturated carbocycles. The molecule has 5 nitrogen and oxygen atoms in total. The van der Waals surface area contributed by atoms with Crippen molar-refractivity contribution in [3.8, 4) is 22.6 Å². The first-order valence-electron chi connectivity index (χ1n) is 10.5. The maximum absolute atomic E-state index is 11.1. The SMILES string of the molecule is CO[C@@H](Cc1ccc(OCCCOc2ccc3c(c2)Cc2ccccc2-3)cc1)C(=O)O. The molecule has 31 heavy (non-hydrogen) atoms. The molecule has 1 N–H and O–H groups in total. The number of carboxylic acids is 1. The molecule has 0 saturated heterocycles. The summed E-state index contributed by atoms with van der Waals surface area (Å²) in [5.41, 5.74) is 6.20. The van der Waals surface area contributed by atoms with E-state index >= 15 is 0 Å². The van der Waals surface area contributed by atoms with Crippen LogP contribution in [0.2, 0.25) is 0 Å². The lowest BCUT2D eigenvalue weighted by Gasteiger charge is -2.12. The van der Waals surface area contributed by atoms with Gasteiger partial charge in [-0.25, -0.2) is 4.79 Å². The summed E-state index contributed by atoms with van der Waals surface area (Å²) in [6.07, 6.45) is 1.21. The van der Waals surface area contributed by atoms with Crippen LogP contribution in [-0.4, -0.2) is 37.5 Å². The third-order valence-electron chi connectivity index (χ3n) is 5.50. The van der Waals surface area contributed by atoms with E-state index in [1.165, 1.54) is 29.4 Å². The van der Waals surface area contributed by atoms with E-state index in [1.54, 1.807) is 0 Å². The number of methoxy groups -OCH3 is 1. The normalized spacial score (nSPS) is 12.7. The Morgan fingerprint density at radius 2 is 1.58 bits per heavy atom. The summed E-state index contributed by atoms with van der Waals surface area (Å²) in [4.78, 5) is 11.1. The molecule has 0 radical (unpaired) electrons. The van der Waals surface area contributed by atoms with Crippen LogP contribution in [0.5, 0.6) is 11.5 Å². The largest absolute Gasteiger partial charge is 0.493 e. The molecule has 0 bridgehead atoms. The zero-order valence-corrected chi connectivity index (χ0v) is 17.5. The minimum Gasteiger partial charge on any atom is -0.493 e. The Morgan fingerprint density at radius 1 is 0.903 bits per heavy atom. The molecule has 4 rings (SSSR count). The molecule has 3 aromatic rings. The van der Waals surface area contributed by atoms with Crippen LogP contribution >= 0.6 is 0 Å². The summed E-state index contributed by atoms with van der Waals surface area (Å²) in [6, 6.07) is 22.3. The maximum Gasteiger partial charge on any atom is 0.333 e. The molecule has 0 fully saturated rings. The highest BCUT2D eigenvalue weighted by molar-refractivity contribution is 5.77. The molecular weight excluding hydrogens is 392 g/mol. The number of aliphatic carboxylic acids is 1. The van der Waals surface area contributed by atoms with Gasteiger partial charge in [0, 0.05) is 20.0 Å². The molecular formula is C26H26O5. The van der Waals surface area contributed by atoms with E-state index in [9.17, 15) is 4.79 Å². The molecule has 0 amide bonds. The molecule has 0 aromatic heterocycles. The summed E-state index contributed by atoms with van der Waals surface area (Å²) >= 11 is 0. The van der Waals surface area contributed by atoms with Crippen LogP contribution in [0.3, 0.4) is 0 Å². The Morgan fingerprint density at radius 3 is 2.32 bits per heavy atom. The van der Waals surface area contributed by atoms with Gasteiger partial charge in [0.2, 0.25) is 0 Å². The fraction of sp³-hybridized carbons (Fsp3) is 0.269. The topological polar surface area (TPSA) is 65.0 Å². The Bertz CT molecular complexity index is 1040. The minimum absolute atomic E-state index is 0.325. The van der Waals surface area contributed by atoms with E-state index < -0.39 is 12.1 Å². The van der Waals surface area contributed by atoms with E-state index in [2.05, 4.69) is 36.4 Å². The molecule has 0 heterocycles. The molecule has 0 unspecified atom stereocenters. The van der Waals surface area contributed by atoms with Crippen LogP contribution in [0, 0.1) is 0 Å². The van der Waals surface area contributed by atoms with Gasteiger partial charge in [-0.15, -0.1) is 0 Å². The maximum atomic E-state index is 11.1. The molecule has 0 aliphatic heterocycles. The summed E-state index contributed by atoms with van der Waals surface area (Å²) in [5.74, 6) is 0.682. The van der Waals surface area contributed by atoms with Gasteiger partial charge in [0.25, 0.3) is 0 Å². The van der Waals surface area contributed by atoms with Crippen LogP contribution in [-0.2, 0) is 22.4 Å². The summed E-state index contributed by atoms with van der Waals surface area (Å²) in [7, 11) is 1.40. The van der Waals surface area contributed by atoms with Crippen molar-refractivity contribution in [3.63, 3.8) is 0 Å². The second kappa shape index (κ2) is 9.67. The molecule has 5 heteroatoms. The zero-order chi connectivity index (χ0) is 21.6. The van der Waals surface area contributed by atoms with Crippen molar-refractivity contribution in [3.05, 3.63) is 83.4 Å². The van der Waals surface area contributed by atoms with Crippen molar-refractivity contribution < 1.29 is 24.1 Å². The zero-order valence-electron chi connectivity index (χ0n) is 17.5. The summed E-state index contributed by atoms with van der Waals surface area (Å²) < 4.78 is 16.7. The summed E-state index contributed by atoms with van der Waals surface area (Å²) in [6.45, 7) is 1.13. The summed E-state index contributed by atoms with van der Waals surface area (Å²) in [5, 5.41) is 9.06. The molecule has 1 aliphatic rings. The third-order valence-corrected chi connectivity index (χ3v) is 5.50. The number of benzene rings is 3. The van der Waals surface area contributed by atoms with E-state index in [0.29, 0.717) is 19.6 Å². The van der Waals surface area contributed by atoms with Gasteiger partial charge in [-0.2, -0.15) is 0 Å². The predicted octanol–water partition coefficient (Wildman–Crippen LogP) is 4.75. The van der Waals surface area contributed by atoms with Crippen LogP contribution in [0.25, 0.3) is 11.1 Å². The van der Waals surface area contributed by atoms with Gasteiger partial charge >= 0.3 is 5.97 Å². The van der Waals surface area contributed by atoms with Crippen molar-refractivity contribution in [1.29, 1.82) is 0 Å². The molecule has 3 aromatic carbocycles. The lowest BCUT2D eigenvalue weighted by Crippen LogP contribution is -2.24. The number of rotatable bonds is 10.